The summed E-state index contributed by atoms with van der Waals surface area (Å²) in [6, 6.07) is 0. The second kappa shape index (κ2) is 5.28. The van der Waals surface area contributed by atoms with Crippen molar-refractivity contribution in [2.45, 2.75) is 38.6 Å². The molecule has 0 saturated carbocycles. The Labute approximate surface area is 104 Å². The fourth-order valence-electron chi connectivity index (χ4n) is 3.43. The first-order chi connectivity index (χ1) is 7.66. The van der Waals surface area contributed by atoms with Crippen LogP contribution in [0.3, 0.4) is 0 Å². The van der Waals surface area contributed by atoms with Crippen LogP contribution in [0.1, 0.15) is 33.1 Å². The molecule has 2 aliphatic heterocycles. The van der Waals surface area contributed by atoms with Crippen molar-refractivity contribution in [1.29, 1.82) is 0 Å². The molecule has 0 aromatic heterocycles. The van der Waals surface area contributed by atoms with Crippen LogP contribution in [0.5, 0.6) is 0 Å². The van der Waals surface area contributed by atoms with Crippen LogP contribution in [0, 0.1) is 11.8 Å². The summed E-state index contributed by atoms with van der Waals surface area (Å²) in [5.41, 5.74) is 6.43. The number of hydrogen-bond donors (Lipinski definition) is 1. The van der Waals surface area contributed by atoms with Gasteiger partial charge in [-0.05, 0) is 36.9 Å². The molecule has 0 aliphatic carbocycles. The third kappa shape index (κ3) is 2.57. The maximum atomic E-state index is 6.10. The monoisotopic (exact) mass is 242 g/mol. The minimum Gasteiger partial charge on any atom is -0.329 e. The smallest absolute Gasteiger partial charge is 0.0422 e. The lowest BCUT2D eigenvalue weighted by molar-refractivity contribution is 0.0355. The Morgan fingerprint density at radius 2 is 2.00 bits per heavy atom. The molecule has 0 aromatic rings. The van der Waals surface area contributed by atoms with Gasteiger partial charge < -0.3 is 5.73 Å². The van der Waals surface area contributed by atoms with Gasteiger partial charge in [-0.15, -0.1) is 0 Å². The van der Waals surface area contributed by atoms with Gasteiger partial charge in [-0.25, -0.2) is 0 Å². The van der Waals surface area contributed by atoms with Gasteiger partial charge in [0.2, 0.25) is 0 Å². The lowest BCUT2D eigenvalue weighted by Crippen LogP contribution is -2.60. The molecule has 0 radical (unpaired) electrons. The van der Waals surface area contributed by atoms with Crippen LogP contribution in [-0.4, -0.2) is 41.6 Å². The van der Waals surface area contributed by atoms with E-state index in [1.165, 1.54) is 43.9 Å². The van der Waals surface area contributed by atoms with Gasteiger partial charge in [0.15, 0.2) is 0 Å². The fourth-order valence-corrected chi connectivity index (χ4v) is 4.74. The van der Waals surface area contributed by atoms with Crippen molar-refractivity contribution in [3.8, 4) is 0 Å². The Bertz CT molecular complexity index is 216. The summed E-state index contributed by atoms with van der Waals surface area (Å²) in [7, 11) is 0. The number of thioether (sulfide) groups is 1. The van der Waals surface area contributed by atoms with Gasteiger partial charge >= 0.3 is 0 Å². The number of likely N-dealkylation sites (tertiary alicyclic amines) is 1. The maximum absolute atomic E-state index is 6.10. The number of nitrogens with zero attached hydrogens (tertiary/aromatic N) is 1. The molecule has 2 fully saturated rings. The summed E-state index contributed by atoms with van der Waals surface area (Å²) in [5, 5.41) is 0. The fraction of sp³-hybridized carbons (Fsp3) is 1.00. The quantitative estimate of drug-likeness (QED) is 0.805. The normalized spacial score (nSPS) is 42.2. The number of hydrogen-bond acceptors (Lipinski definition) is 3. The van der Waals surface area contributed by atoms with E-state index in [0.29, 0.717) is 5.54 Å². The Morgan fingerprint density at radius 1 is 1.31 bits per heavy atom. The molecule has 3 heteroatoms. The largest absolute Gasteiger partial charge is 0.329 e. The van der Waals surface area contributed by atoms with E-state index in [1.54, 1.807) is 0 Å². The van der Waals surface area contributed by atoms with Crippen molar-refractivity contribution in [1.82, 2.24) is 4.90 Å². The predicted octanol–water partition coefficient (Wildman–Crippen LogP) is 2.19. The average Bonchev–Trinajstić information content (AvgIpc) is 2.28. The summed E-state index contributed by atoms with van der Waals surface area (Å²) < 4.78 is 0. The van der Waals surface area contributed by atoms with Crippen molar-refractivity contribution >= 4 is 11.8 Å². The van der Waals surface area contributed by atoms with E-state index in [1.807, 2.05) is 0 Å². The van der Waals surface area contributed by atoms with Crippen LogP contribution < -0.4 is 5.73 Å². The molecule has 3 atom stereocenters. The van der Waals surface area contributed by atoms with Gasteiger partial charge in [-0.3, -0.25) is 4.90 Å². The standard InChI is InChI=1S/C13H26N2S/c1-11-6-12(2)8-15(7-11)13(9-14)4-3-5-16-10-13/h11-12H,3-10,14H2,1-2H3. The lowest BCUT2D eigenvalue weighted by Gasteiger charge is -2.50. The summed E-state index contributed by atoms with van der Waals surface area (Å²) in [6.45, 7) is 8.16. The molecule has 0 amide bonds. The minimum atomic E-state index is 0.325. The minimum absolute atomic E-state index is 0.325. The molecule has 0 bridgehead atoms. The van der Waals surface area contributed by atoms with E-state index in [-0.39, 0.29) is 0 Å². The second-order valence-corrected chi connectivity index (χ2v) is 7.04. The molecule has 0 spiro atoms. The molecule has 3 unspecified atom stereocenters. The van der Waals surface area contributed by atoms with Crippen LogP contribution in [0.25, 0.3) is 0 Å². The first kappa shape index (κ1) is 12.7. The summed E-state index contributed by atoms with van der Waals surface area (Å²) in [5.74, 6) is 4.28. The van der Waals surface area contributed by atoms with E-state index in [0.717, 1.165) is 18.4 Å². The van der Waals surface area contributed by atoms with Crippen LogP contribution >= 0.6 is 11.8 Å². The molecule has 2 saturated heterocycles. The highest BCUT2D eigenvalue weighted by Crippen LogP contribution is 2.35. The molecule has 16 heavy (non-hydrogen) atoms. The summed E-state index contributed by atoms with van der Waals surface area (Å²) >= 11 is 2.10. The maximum Gasteiger partial charge on any atom is 0.0422 e. The SMILES string of the molecule is CC1CC(C)CN(C2(CN)CCCSC2)C1. The van der Waals surface area contributed by atoms with Gasteiger partial charge in [-0.1, -0.05) is 13.8 Å². The van der Waals surface area contributed by atoms with E-state index in [9.17, 15) is 0 Å². The molecule has 0 aromatic carbocycles. The molecule has 2 heterocycles. The first-order valence-electron chi connectivity index (χ1n) is 6.69. The van der Waals surface area contributed by atoms with Crippen molar-refractivity contribution in [3.63, 3.8) is 0 Å². The Hall–Kier alpha value is 0.270. The highest BCUT2D eigenvalue weighted by molar-refractivity contribution is 7.99. The third-order valence-electron chi connectivity index (χ3n) is 4.22. The second-order valence-electron chi connectivity index (χ2n) is 5.94. The highest BCUT2D eigenvalue weighted by Gasteiger charge is 2.39. The zero-order chi connectivity index (χ0) is 11.6. The van der Waals surface area contributed by atoms with Crippen molar-refractivity contribution in [2.75, 3.05) is 31.1 Å². The van der Waals surface area contributed by atoms with Gasteiger partial charge in [0.25, 0.3) is 0 Å². The van der Waals surface area contributed by atoms with Crippen molar-refractivity contribution < 1.29 is 0 Å². The van der Waals surface area contributed by atoms with Crippen molar-refractivity contribution in [2.24, 2.45) is 17.6 Å². The first-order valence-corrected chi connectivity index (χ1v) is 7.84. The highest BCUT2D eigenvalue weighted by atomic mass is 32.2. The van der Waals surface area contributed by atoms with Gasteiger partial charge in [0.1, 0.15) is 0 Å². The lowest BCUT2D eigenvalue weighted by atomic mass is 9.85. The predicted molar refractivity (Wildman–Crippen MR) is 72.9 cm³/mol. The Morgan fingerprint density at radius 3 is 2.50 bits per heavy atom. The Balaban J connectivity index is 2.07. The zero-order valence-electron chi connectivity index (χ0n) is 10.7. The summed E-state index contributed by atoms with van der Waals surface area (Å²) in [6.07, 6.45) is 4.06. The van der Waals surface area contributed by atoms with Crippen molar-refractivity contribution in [3.05, 3.63) is 0 Å². The van der Waals surface area contributed by atoms with Crippen LogP contribution in [-0.2, 0) is 0 Å². The molecule has 2 aliphatic rings. The van der Waals surface area contributed by atoms with Crippen LogP contribution in [0.15, 0.2) is 0 Å². The molecular formula is C13H26N2S. The number of nitrogens with two attached hydrogens (primary N) is 1. The zero-order valence-corrected chi connectivity index (χ0v) is 11.6. The van der Waals surface area contributed by atoms with E-state index in [2.05, 4.69) is 30.5 Å². The number of rotatable bonds is 2. The van der Waals surface area contributed by atoms with Crippen LogP contribution in [0.4, 0.5) is 0 Å². The number of piperidine rings is 1. The Kier molecular flexibility index (Phi) is 4.20. The average molecular weight is 242 g/mol. The topological polar surface area (TPSA) is 29.3 Å². The molecule has 2 N–H and O–H groups in total. The van der Waals surface area contributed by atoms with E-state index < -0.39 is 0 Å². The van der Waals surface area contributed by atoms with Crippen LogP contribution in [0.2, 0.25) is 0 Å². The van der Waals surface area contributed by atoms with Gasteiger partial charge in [0.05, 0.1) is 0 Å². The van der Waals surface area contributed by atoms with E-state index >= 15 is 0 Å². The van der Waals surface area contributed by atoms with Gasteiger partial charge in [-0.2, -0.15) is 11.8 Å². The third-order valence-corrected chi connectivity index (χ3v) is 5.54. The summed E-state index contributed by atoms with van der Waals surface area (Å²) in [4.78, 5) is 2.72. The molecule has 94 valence electrons. The molecular weight excluding hydrogens is 216 g/mol. The van der Waals surface area contributed by atoms with Gasteiger partial charge in [0, 0.05) is 30.9 Å². The molecule has 2 nitrogen and oxygen atoms in total. The van der Waals surface area contributed by atoms with E-state index in [4.69, 9.17) is 5.73 Å². The molecule has 2 rings (SSSR count).